The molecule has 0 radical (unpaired) electrons. The number of rotatable bonds is 5. The van der Waals surface area contributed by atoms with E-state index >= 15 is 0 Å². The Morgan fingerprint density at radius 3 is 2.40 bits per heavy atom. The first-order chi connectivity index (χ1) is 12.1. The van der Waals surface area contributed by atoms with Crippen LogP contribution in [0.3, 0.4) is 0 Å². The van der Waals surface area contributed by atoms with Crippen LogP contribution in [0.1, 0.15) is 23.0 Å². The molecule has 3 aromatic rings. The molecular weight excluding hydrogens is 316 g/mol. The minimum absolute atomic E-state index is 0.0724. The van der Waals surface area contributed by atoms with Gasteiger partial charge < -0.3 is 10.6 Å². The fourth-order valence-corrected chi connectivity index (χ4v) is 2.72. The number of carbonyl (C=O) groups excluding carboxylic acids is 1. The molecule has 0 saturated heterocycles. The molecule has 0 atom stereocenters. The maximum atomic E-state index is 12.4. The largest absolute Gasteiger partial charge is 0.379 e. The smallest absolute Gasteiger partial charge is 0.274 e. The number of carbonyl (C=O) groups is 1. The molecule has 6 nitrogen and oxygen atoms in total. The van der Waals surface area contributed by atoms with Gasteiger partial charge in [-0.25, -0.2) is 4.68 Å². The SMILES string of the molecule is CCn1nc(CNc2ccc(C(=O)NC)cc2)c2ccccc2c1=O. The first-order valence-electron chi connectivity index (χ1n) is 8.18. The summed E-state index contributed by atoms with van der Waals surface area (Å²) >= 11 is 0. The number of anilines is 1. The van der Waals surface area contributed by atoms with Crippen LogP contribution >= 0.6 is 0 Å². The predicted octanol–water partition coefficient (Wildman–Crippen LogP) is 2.39. The van der Waals surface area contributed by atoms with Crippen LogP contribution in [0.25, 0.3) is 10.8 Å². The van der Waals surface area contributed by atoms with Crippen molar-refractivity contribution in [2.24, 2.45) is 0 Å². The van der Waals surface area contributed by atoms with Gasteiger partial charge in [0.15, 0.2) is 0 Å². The van der Waals surface area contributed by atoms with E-state index in [9.17, 15) is 9.59 Å². The van der Waals surface area contributed by atoms with Gasteiger partial charge in [0.25, 0.3) is 11.5 Å². The monoisotopic (exact) mass is 336 g/mol. The van der Waals surface area contributed by atoms with Crippen LogP contribution < -0.4 is 16.2 Å². The van der Waals surface area contributed by atoms with Gasteiger partial charge in [-0.2, -0.15) is 5.10 Å². The lowest BCUT2D eigenvalue weighted by Crippen LogP contribution is -2.24. The number of amides is 1. The summed E-state index contributed by atoms with van der Waals surface area (Å²) in [5, 5.41) is 11.9. The van der Waals surface area contributed by atoms with E-state index in [2.05, 4.69) is 15.7 Å². The summed E-state index contributed by atoms with van der Waals surface area (Å²) in [4.78, 5) is 23.9. The number of aryl methyl sites for hydroxylation is 1. The first kappa shape index (κ1) is 16.7. The lowest BCUT2D eigenvalue weighted by atomic mass is 10.1. The molecule has 2 aromatic carbocycles. The van der Waals surface area contributed by atoms with Crippen LogP contribution in [0.15, 0.2) is 53.3 Å². The average Bonchev–Trinajstić information content (AvgIpc) is 2.67. The highest BCUT2D eigenvalue weighted by molar-refractivity contribution is 5.94. The molecule has 0 bridgehead atoms. The lowest BCUT2D eigenvalue weighted by Gasteiger charge is -2.11. The molecule has 0 unspecified atom stereocenters. The Morgan fingerprint density at radius 1 is 1.08 bits per heavy atom. The van der Waals surface area contributed by atoms with Crippen LogP contribution in [-0.2, 0) is 13.1 Å². The summed E-state index contributed by atoms with van der Waals surface area (Å²) in [5.74, 6) is -0.116. The Morgan fingerprint density at radius 2 is 1.76 bits per heavy atom. The van der Waals surface area contributed by atoms with Crippen molar-refractivity contribution in [3.05, 3.63) is 70.1 Å². The molecule has 25 heavy (non-hydrogen) atoms. The van der Waals surface area contributed by atoms with E-state index in [1.54, 1.807) is 19.2 Å². The zero-order valence-electron chi connectivity index (χ0n) is 14.2. The van der Waals surface area contributed by atoms with Gasteiger partial charge >= 0.3 is 0 Å². The number of hydrogen-bond acceptors (Lipinski definition) is 4. The van der Waals surface area contributed by atoms with Gasteiger partial charge in [0, 0.05) is 30.2 Å². The molecule has 1 amide bonds. The van der Waals surface area contributed by atoms with Crippen molar-refractivity contribution in [2.75, 3.05) is 12.4 Å². The maximum Gasteiger partial charge on any atom is 0.274 e. The molecule has 1 heterocycles. The normalized spacial score (nSPS) is 10.6. The molecule has 0 aliphatic rings. The number of nitrogens with zero attached hydrogens (tertiary/aromatic N) is 2. The molecule has 2 N–H and O–H groups in total. The molecule has 0 fully saturated rings. The summed E-state index contributed by atoms with van der Waals surface area (Å²) in [6.45, 7) is 2.91. The summed E-state index contributed by atoms with van der Waals surface area (Å²) in [6.07, 6.45) is 0. The van der Waals surface area contributed by atoms with Gasteiger partial charge in [0.2, 0.25) is 0 Å². The summed E-state index contributed by atoms with van der Waals surface area (Å²) < 4.78 is 1.48. The summed E-state index contributed by atoms with van der Waals surface area (Å²) in [5.41, 5.74) is 2.23. The Kier molecular flexibility index (Phi) is 4.79. The van der Waals surface area contributed by atoms with E-state index in [-0.39, 0.29) is 11.5 Å². The highest BCUT2D eigenvalue weighted by Crippen LogP contribution is 2.16. The van der Waals surface area contributed by atoms with Gasteiger partial charge in [-0.15, -0.1) is 0 Å². The molecule has 6 heteroatoms. The second-order valence-corrected chi connectivity index (χ2v) is 5.62. The standard InChI is InChI=1S/C19H20N4O2/c1-3-23-19(25)16-7-5-4-6-15(16)17(22-23)12-21-14-10-8-13(9-11-14)18(24)20-2/h4-11,21H,3,12H2,1-2H3,(H,20,24). The van der Waals surface area contributed by atoms with Crippen molar-refractivity contribution in [1.29, 1.82) is 0 Å². The zero-order valence-corrected chi connectivity index (χ0v) is 14.2. The highest BCUT2D eigenvalue weighted by atomic mass is 16.1. The van der Waals surface area contributed by atoms with Gasteiger partial charge in [0.05, 0.1) is 17.6 Å². The van der Waals surface area contributed by atoms with Crippen molar-refractivity contribution >= 4 is 22.4 Å². The highest BCUT2D eigenvalue weighted by Gasteiger charge is 2.09. The van der Waals surface area contributed by atoms with Crippen LogP contribution in [0.5, 0.6) is 0 Å². The molecule has 0 aliphatic carbocycles. The van der Waals surface area contributed by atoms with Crippen LogP contribution in [-0.4, -0.2) is 22.7 Å². The fourth-order valence-electron chi connectivity index (χ4n) is 2.72. The van der Waals surface area contributed by atoms with Crippen molar-refractivity contribution in [3.63, 3.8) is 0 Å². The van der Waals surface area contributed by atoms with Crippen molar-refractivity contribution in [3.8, 4) is 0 Å². The zero-order chi connectivity index (χ0) is 17.8. The number of nitrogens with one attached hydrogen (secondary N) is 2. The number of benzene rings is 2. The van der Waals surface area contributed by atoms with E-state index in [0.717, 1.165) is 16.8 Å². The summed E-state index contributed by atoms with van der Waals surface area (Å²) in [6, 6.07) is 14.7. The Balaban J connectivity index is 1.87. The quantitative estimate of drug-likeness (QED) is 0.750. The van der Waals surface area contributed by atoms with E-state index < -0.39 is 0 Å². The number of aromatic nitrogens is 2. The van der Waals surface area contributed by atoms with E-state index in [1.807, 2.05) is 43.3 Å². The lowest BCUT2D eigenvalue weighted by molar-refractivity contribution is 0.0963. The van der Waals surface area contributed by atoms with Crippen molar-refractivity contribution < 1.29 is 4.79 Å². The van der Waals surface area contributed by atoms with E-state index in [1.165, 1.54) is 4.68 Å². The molecule has 3 rings (SSSR count). The topological polar surface area (TPSA) is 76.0 Å². The third-order valence-corrected chi connectivity index (χ3v) is 4.08. The number of fused-ring (bicyclic) bond motifs is 1. The molecule has 128 valence electrons. The molecule has 0 spiro atoms. The van der Waals surface area contributed by atoms with Crippen molar-refractivity contribution in [2.45, 2.75) is 20.0 Å². The second kappa shape index (κ2) is 7.17. The van der Waals surface area contributed by atoms with Crippen LogP contribution in [0, 0.1) is 0 Å². The summed E-state index contributed by atoms with van der Waals surface area (Å²) in [7, 11) is 1.61. The minimum atomic E-state index is -0.116. The fraction of sp³-hybridized carbons (Fsp3) is 0.211. The van der Waals surface area contributed by atoms with E-state index in [4.69, 9.17) is 0 Å². The molecule has 0 aliphatic heterocycles. The Bertz CT molecular complexity index is 961. The maximum absolute atomic E-state index is 12.4. The minimum Gasteiger partial charge on any atom is -0.379 e. The van der Waals surface area contributed by atoms with E-state index in [0.29, 0.717) is 24.0 Å². The Hall–Kier alpha value is -3.15. The van der Waals surface area contributed by atoms with Crippen LogP contribution in [0.4, 0.5) is 5.69 Å². The average molecular weight is 336 g/mol. The van der Waals surface area contributed by atoms with Crippen LogP contribution in [0.2, 0.25) is 0 Å². The van der Waals surface area contributed by atoms with Gasteiger partial charge in [0.1, 0.15) is 0 Å². The first-order valence-corrected chi connectivity index (χ1v) is 8.18. The third kappa shape index (κ3) is 3.38. The number of hydrogen-bond donors (Lipinski definition) is 2. The molecular formula is C19H20N4O2. The third-order valence-electron chi connectivity index (χ3n) is 4.08. The molecule has 1 aromatic heterocycles. The van der Waals surface area contributed by atoms with Crippen molar-refractivity contribution in [1.82, 2.24) is 15.1 Å². The van der Waals surface area contributed by atoms with Gasteiger partial charge in [-0.1, -0.05) is 18.2 Å². The second-order valence-electron chi connectivity index (χ2n) is 5.62. The molecule has 0 saturated carbocycles. The Labute approximate surface area is 145 Å². The van der Waals surface area contributed by atoms with Gasteiger partial charge in [-0.3, -0.25) is 9.59 Å². The predicted molar refractivity (Wildman–Crippen MR) is 98.8 cm³/mol. The van der Waals surface area contributed by atoms with Gasteiger partial charge in [-0.05, 0) is 37.3 Å².